The topological polar surface area (TPSA) is 67.7 Å². The first-order valence-electron chi connectivity index (χ1n) is 10.5. The minimum Gasteiger partial charge on any atom is -0.497 e. The first-order valence-corrected chi connectivity index (χ1v) is 10.8. The van der Waals surface area contributed by atoms with E-state index in [0.717, 1.165) is 22.6 Å². The van der Waals surface area contributed by atoms with E-state index in [1.807, 2.05) is 42.5 Å². The molecule has 0 aliphatic carbocycles. The van der Waals surface area contributed by atoms with Crippen molar-refractivity contribution in [3.8, 4) is 17.0 Å². The molecule has 0 saturated carbocycles. The Hall–Kier alpha value is -3.32. The number of carbonyl (C=O) groups is 1. The Morgan fingerprint density at radius 1 is 1.03 bits per heavy atom. The van der Waals surface area contributed by atoms with Crippen LogP contribution in [0.25, 0.3) is 11.3 Å². The van der Waals surface area contributed by atoms with E-state index in [4.69, 9.17) is 16.3 Å². The zero-order chi connectivity index (χ0) is 22.7. The molecule has 1 saturated heterocycles. The van der Waals surface area contributed by atoms with Crippen LogP contribution in [0.4, 0.5) is 5.69 Å². The summed E-state index contributed by atoms with van der Waals surface area (Å²) < 4.78 is 6.41. The third-order valence-corrected chi connectivity index (χ3v) is 5.92. The summed E-state index contributed by atoms with van der Waals surface area (Å²) in [7, 11) is 1.61. The molecule has 1 aliphatic rings. The highest BCUT2D eigenvalue weighted by Crippen LogP contribution is 2.25. The third-order valence-electron chi connectivity index (χ3n) is 5.68. The number of piperazine rings is 1. The number of aromatic nitrogens is 2. The van der Waals surface area contributed by atoms with Crippen LogP contribution < -0.4 is 15.2 Å². The van der Waals surface area contributed by atoms with Crippen LogP contribution in [0.5, 0.6) is 5.75 Å². The van der Waals surface area contributed by atoms with Gasteiger partial charge in [0.05, 0.1) is 12.8 Å². The molecule has 4 rings (SSSR count). The molecule has 166 valence electrons. The van der Waals surface area contributed by atoms with E-state index >= 15 is 0 Å². The molecule has 0 unspecified atom stereocenters. The Bertz CT molecular complexity index is 1170. The van der Waals surface area contributed by atoms with Crippen LogP contribution in [0.1, 0.15) is 5.56 Å². The van der Waals surface area contributed by atoms with E-state index in [0.29, 0.717) is 36.9 Å². The van der Waals surface area contributed by atoms with Crippen molar-refractivity contribution < 1.29 is 9.53 Å². The zero-order valence-corrected chi connectivity index (χ0v) is 18.9. The lowest BCUT2D eigenvalue weighted by Crippen LogP contribution is -2.50. The molecule has 1 amide bonds. The molecule has 32 heavy (non-hydrogen) atoms. The summed E-state index contributed by atoms with van der Waals surface area (Å²) in [5.41, 5.74) is 3.41. The van der Waals surface area contributed by atoms with Crippen molar-refractivity contribution >= 4 is 23.2 Å². The van der Waals surface area contributed by atoms with Gasteiger partial charge in [0.25, 0.3) is 5.56 Å². The van der Waals surface area contributed by atoms with Gasteiger partial charge in [-0.1, -0.05) is 17.7 Å². The Morgan fingerprint density at radius 3 is 2.44 bits per heavy atom. The number of hydrogen-bond donors (Lipinski definition) is 0. The number of anilines is 1. The molecule has 0 bridgehead atoms. The molecule has 2 heterocycles. The number of halogens is 1. The predicted octanol–water partition coefficient (Wildman–Crippen LogP) is 3.23. The summed E-state index contributed by atoms with van der Waals surface area (Å²) in [6.45, 7) is 4.55. The number of amides is 1. The van der Waals surface area contributed by atoms with Crippen molar-refractivity contribution in [2.75, 3.05) is 38.2 Å². The van der Waals surface area contributed by atoms with Crippen LogP contribution in [0, 0.1) is 6.92 Å². The number of aryl methyl sites for hydroxylation is 1. The summed E-state index contributed by atoms with van der Waals surface area (Å²) in [6.07, 6.45) is 0. The van der Waals surface area contributed by atoms with Crippen LogP contribution in [0.15, 0.2) is 59.4 Å². The summed E-state index contributed by atoms with van der Waals surface area (Å²) in [5.74, 6) is 0.623. The molecule has 2 aromatic carbocycles. The molecule has 8 heteroatoms. The molecule has 0 spiro atoms. The summed E-state index contributed by atoms with van der Waals surface area (Å²) in [4.78, 5) is 29.2. The fraction of sp³-hybridized carbons (Fsp3) is 0.292. The monoisotopic (exact) mass is 452 g/mol. The highest BCUT2D eigenvalue weighted by Gasteiger charge is 2.23. The van der Waals surface area contributed by atoms with E-state index < -0.39 is 0 Å². The van der Waals surface area contributed by atoms with Gasteiger partial charge in [-0.05, 0) is 55.0 Å². The second-order valence-corrected chi connectivity index (χ2v) is 8.18. The van der Waals surface area contributed by atoms with Gasteiger partial charge in [-0.25, -0.2) is 4.68 Å². The number of methoxy groups -OCH3 is 1. The largest absolute Gasteiger partial charge is 0.497 e. The lowest BCUT2D eigenvalue weighted by atomic mass is 10.1. The molecule has 1 aliphatic heterocycles. The van der Waals surface area contributed by atoms with Crippen molar-refractivity contribution in [1.82, 2.24) is 14.7 Å². The van der Waals surface area contributed by atoms with Gasteiger partial charge in [-0.2, -0.15) is 5.10 Å². The molecule has 0 radical (unpaired) electrons. The lowest BCUT2D eigenvalue weighted by molar-refractivity contribution is -0.132. The van der Waals surface area contributed by atoms with E-state index in [1.54, 1.807) is 18.1 Å². The van der Waals surface area contributed by atoms with Gasteiger partial charge in [0.1, 0.15) is 12.3 Å². The van der Waals surface area contributed by atoms with Crippen LogP contribution >= 0.6 is 11.6 Å². The second-order valence-electron chi connectivity index (χ2n) is 7.74. The summed E-state index contributed by atoms with van der Waals surface area (Å²) in [5, 5.41) is 5.11. The van der Waals surface area contributed by atoms with Gasteiger partial charge in [0.2, 0.25) is 5.91 Å². The van der Waals surface area contributed by atoms with E-state index in [2.05, 4.69) is 16.9 Å². The van der Waals surface area contributed by atoms with Gasteiger partial charge in [-0.3, -0.25) is 9.59 Å². The van der Waals surface area contributed by atoms with Crippen molar-refractivity contribution in [2.24, 2.45) is 0 Å². The number of carbonyl (C=O) groups excluding carboxylic acids is 1. The maximum Gasteiger partial charge on any atom is 0.267 e. The van der Waals surface area contributed by atoms with E-state index in [9.17, 15) is 9.59 Å². The van der Waals surface area contributed by atoms with Crippen LogP contribution in [0.2, 0.25) is 5.02 Å². The smallest absolute Gasteiger partial charge is 0.267 e. The molecule has 1 fully saturated rings. The van der Waals surface area contributed by atoms with Gasteiger partial charge < -0.3 is 14.5 Å². The molecular formula is C24H25ClN4O3. The fourth-order valence-corrected chi connectivity index (χ4v) is 3.99. The number of rotatable bonds is 5. The third kappa shape index (κ3) is 4.78. The number of hydrogen-bond acceptors (Lipinski definition) is 5. The first kappa shape index (κ1) is 21.9. The number of benzene rings is 2. The number of nitrogens with zero attached hydrogens (tertiary/aromatic N) is 4. The molecular weight excluding hydrogens is 428 g/mol. The average Bonchev–Trinajstić information content (AvgIpc) is 2.82. The van der Waals surface area contributed by atoms with Gasteiger partial charge in [0.15, 0.2) is 0 Å². The van der Waals surface area contributed by atoms with Crippen LogP contribution in [0.3, 0.4) is 0 Å². The van der Waals surface area contributed by atoms with Gasteiger partial charge in [-0.15, -0.1) is 0 Å². The van der Waals surface area contributed by atoms with E-state index in [1.165, 1.54) is 10.7 Å². The van der Waals surface area contributed by atoms with Crippen molar-refractivity contribution in [3.63, 3.8) is 0 Å². The van der Waals surface area contributed by atoms with Gasteiger partial charge >= 0.3 is 0 Å². The highest BCUT2D eigenvalue weighted by atomic mass is 35.5. The Balaban J connectivity index is 1.43. The van der Waals surface area contributed by atoms with Crippen LogP contribution in [-0.4, -0.2) is 53.9 Å². The minimum atomic E-state index is -0.302. The molecule has 7 nitrogen and oxygen atoms in total. The van der Waals surface area contributed by atoms with Crippen LogP contribution in [-0.2, 0) is 11.3 Å². The van der Waals surface area contributed by atoms with Crippen molar-refractivity contribution in [1.29, 1.82) is 0 Å². The first-order chi connectivity index (χ1) is 15.4. The maximum absolute atomic E-state index is 12.9. The predicted molar refractivity (Wildman–Crippen MR) is 125 cm³/mol. The highest BCUT2D eigenvalue weighted by molar-refractivity contribution is 6.30. The van der Waals surface area contributed by atoms with E-state index in [-0.39, 0.29) is 18.0 Å². The quantitative estimate of drug-likeness (QED) is 0.594. The SMILES string of the molecule is COc1ccc(-c2ccc(=O)n(CC(=O)N3CCN(c4cc(Cl)ccc4C)CC3)n2)cc1. The molecule has 0 N–H and O–H groups in total. The van der Waals surface area contributed by atoms with Gasteiger partial charge in [0, 0.05) is 48.5 Å². The Labute approximate surface area is 191 Å². The standard InChI is InChI=1S/C24H25ClN4O3/c1-17-3-6-19(25)15-22(17)27-11-13-28(14-12-27)24(31)16-29-23(30)10-9-21(26-29)18-4-7-20(32-2)8-5-18/h3-10,15H,11-14,16H2,1-2H3. The normalized spacial score (nSPS) is 13.8. The van der Waals surface area contributed by atoms with Crippen molar-refractivity contribution in [3.05, 3.63) is 75.5 Å². The van der Waals surface area contributed by atoms with Crippen molar-refractivity contribution in [2.45, 2.75) is 13.5 Å². The second kappa shape index (κ2) is 9.44. The summed E-state index contributed by atoms with van der Waals surface area (Å²) >= 11 is 6.16. The lowest BCUT2D eigenvalue weighted by Gasteiger charge is -2.37. The maximum atomic E-state index is 12.9. The molecule has 1 aromatic heterocycles. The Kier molecular flexibility index (Phi) is 6.46. The average molecular weight is 453 g/mol. The molecule has 0 atom stereocenters. The zero-order valence-electron chi connectivity index (χ0n) is 18.1. The Morgan fingerprint density at radius 2 is 1.75 bits per heavy atom. The minimum absolute atomic E-state index is 0.0843. The summed E-state index contributed by atoms with van der Waals surface area (Å²) in [6, 6.07) is 16.4. The molecule has 3 aromatic rings. The fourth-order valence-electron chi connectivity index (χ4n) is 3.83. The number of ether oxygens (including phenoxy) is 1.